The highest BCUT2D eigenvalue weighted by atomic mass is 16.2. The Morgan fingerprint density at radius 3 is 1.54 bits per heavy atom. The number of likely N-dealkylation sites (tertiary alicyclic amines) is 2. The lowest BCUT2D eigenvalue weighted by Gasteiger charge is -2.55. The van der Waals surface area contributed by atoms with E-state index in [0.717, 1.165) is 31.8 Å². The number of unbranched alkanes of at least 4 members (excludes halogenated alkanes) is 11. The predicted molar refractivity (Wildman–Crippen MR) is 162 cm³/mol. The Bertz CT molecular complexity index is 548. The van der Waals surface area contributed by atoms with Gasteiger partial charge in [0.05, 0.1) is 0 Å². The molecule has 3 heteroatoms. The summed E-state index contributed by atoms with van der Waals surface area (Å²) in [6.07, 6.45) is 27.6. The molecule has 37 heavy (non-hydrogen) atoms. The first kappa shape index (κ1) is 32.6. The van der Waals surface area contributed by atoms with E-state index in [0.29, 0.717) is 11.3 Å². The molecule has 2 aliphatic rings. The van der Waals surface area contributed by atoms with E-state index in [1.165, 1.54) is 142 Å². The zero-order valence-electron chi connectivity index (χ0n) is 25.8. The van der Waals surface area contributed by atoms with Crippen LogP contribution in [0.2, 0.25) is 0 Å². The van der Waals surface area contributed by atoms with Crippen LogP contribution in [0.3, 0.4) is 0 Å². The molecular weight excluding hydrogens is 452 g/mol. The van der Waals surface area contributed by atoms with Gasteiger partial charge in [0, 0.05) is 38.6 Å². The van der Waals surface area contributed by atoms with Gasteiger partial charge in [-0.15, -0.1) is 0 Å². The van der Waals surface area contributed by atoms with E-state index in [4.69, 9.17) is 0 Å². The molecule has 0 aliphatic carbocycles. The van der Waals surface area contributed by atoms with Crippen LogP contribution in [0.1, 0.15) is 163 Å². The van der Waals surface area contributed by atoms with Crippen molar-refractivity contribution in [2.75, 3.05) is 32.7 Å². The summed E-state index contributed by atoms with van der Waals surface area (Å²) in [5.74, 6) is 1.70. The average molecular weight is 519 g/mol. The Kier molecular flexibility index (Phi) is 17.2. The van der Waals surface area contributed by atoms with Gasteiger partial charge in [0.2, 0.25) is 5.91 Å². The quantitative estimate of drug-likeness (QED) is 0.133. The molecule has 2 saturated heterocycles. The molecule has 2 rings (SSSR count). The van der Waals surface area contributed by atoms with E-state index in [-0.39, 0.29) is 5.92 Å². The van der Waals surface area contributed by atoms with Crippen molar-refractivity contribution in [1.29, 1.82) is 0 Å². The van der Waals surface area contributed by atoms with Crippen LogP contribution in [-0.2, 0) is 4.79 Å². The van der Waals surface area contributed by atoms with Crippen molar-refractivity contribution in [3.8, 4) is 0 Å². The van der Waals surface area contributed by atoms with E-state index < -0.39 is 0 Å². The van der Waals surface area contributed by atoms with Crippen molar-refractivity contribution in [2.24, 2.45) is 17.3 Å². The van der Waals surface area contributed by atoms with Gasteiger partial charge in [-0.3, -0.25) is 4.79 Å². The molecule has 0 saturated carbocycles. The maximum Gasteiger partial charge on any atom is 0.225 e. The summed E-state index contributed by atoms with van der Waals surface area (Å²) in [5, 5.41) is 0. The van der Waals surface area contributed by atoms with Gasteiger partial charge < -0.3 is 9.80 Å². The molecule has 0 aromatic heterocycles. The molecule has 0 bridgehead atoms. The third-order valence-corrected chi connectivity index (χ3v) is 9.61. The summed E-state index contributed by atoms with van der Waals surface area (Å²) in [6.45, 7) is 15.2. The van der Waals surface area contributed by atoms with Gasteiger partial charge in [0.1, 0.15) is 0 Å². The van der Waals surface area contributed by atoms with Gasteiger partial charge in [0.25, 0.3) is 0 Å². The number of nitrogens with zero attached hydrogens (tertiary/aromatic N) is 2. The Labute approximate surface area is 232 Å². The summed E-state index contributed by atoms with van der Waals surface area (Å²) >= 11 is 0. The lowest BCUT2D eigenvalue weighted by Crippen LogP contribution is -2.61. The van der Waals surface area contributed by atoms with Gasteiger partial charge in [-0.2, -0.15) is 0 Å². The highest BCUT2D eigenvalue weighted by Gasteiger charge is 2.45. The summed E-state index contributed by atoms with van der Waals surface area (Å²) in [4.78, 5) is 18.6. The van der Waals surface area contributed by atoms with E-state index in [1.807, 2.05) is 0 Å². The Morgan fingerprint density at radius 1 is 0.622 bits per heavy atom. The lowest BCUT2D eigenvalue weighted by molar-refractivity contribution is -0.141. The first-order chi connectivity index (χ1) is 18.1. The van der Waals surface area contributed by atoms with Gasteiger partial charge in [-0.25, -0.2) is 0 Å². The minimum absolute atomic E-state index is 0.289. The standard InChI is InChI=1S/C34H66N2O/c1-5-9-13-17-21-31(20-16-12-8-4)28-35-29-34(30-35)24-26-36(27-25-34)33(37)32(22-18-14-10-6-2)23-19-15-11-7-3/h31-32H,5-30H2,1-4H3. The van der Waals surface area contributed by atoms with Crippen molar-refractivity contribution < 1.29 is 4.79 Å². The van der Waals surface area contributed by atoms with Crippen LogP contribution >= 0.6 is 0 Å². The largest absolute Gasteiger partial charge is 0.342 e. The molecule has 0 aromatic rings. The van der Waals surface area contributed by atoms with E-state index in [2.05, 4.69) is 37.5 Å². The molecule has 1 unspecified atom stereocenters. The van der Waals surface area contributed by atoms with Crippen LogP contribution in [0, 0.1) is 17.3 Å². The van der Waals surface area contributed by atoms with Crippen LogP contribution in [0.15, 0.2) is 0 Å². The van der Waals surface area contributed by atoms with Crippen LogP contribution in [0.5, 0.6) is 0 Å². The Morgan fingerprint density at radius 2 is 1.05 bits per heavy atom. The molecule has 2 heterocycles. The van der Waals surface area contributed by atoms with Crippen molar-refractivity contribution >= 4 is 5.91 Å². The van der Waals surface area contributed by atoms with Crippen molar-refractivity contribution in [3.05, 3.63) is 0 Å². The first-order valence-electron chi connectivity index (χ1n) is 17.1. The molecule has 0 radical (unpaired) electrons. The van der Waals surface area contributed by atoms with E-state index >= 15 is 0 Å². The van der Waals surface area contributed by atoms with Crippen LogP contribution < -0.4 is 0 Å². The molecule has 218 valence electrons. The topological polar surface area (TPSA) is 23.6 Å². The highest BCUT2D eigenvalue weighted by Crippen LogP contribution is 2.41. The summed E-state index contributed by atoms with van der Waals surface area (Å²) in [6, 6.07) is 0. The average Bonchev–Trinajstić information content (AvgIpc) is 2.89. The van der Waals surface area contributed by atoms with Gasteiger partial charge in [0.15, 0.2) is 0 Å². The maximum absolute atomic E-state index is 13.5. The molecule has 0 aromatic carbocycles. The van der Waals surface area contributed by atoms with E-state index in [1.54, 1.807) is 0 Å². The number of amides is 1. The normalized spacial score (nSPS) is 18.5. The molecular formula is C34H66N2O. The molecule has 1 atom stereocenters. The van der Waals surface area contributed by atoms with E-state index in [9.17, 15) is 4.79 Å². The number of carbonyl (C=O) groups excluding carboxylic acids is 1. The summed E-state index contributed by atoms with van der Waals surface area (Å²) < 4.78 is 0. The molecule has 1 spiro atoms. The number of piperidine rings is 1. The number of carbonyl (C=O) groups is 1. The highest BCUT2D eigenvalue weighted by molar-refractivity contribution is 5.79. The molecule has 3 nitrogen and oxygen atoms in total. The lowest BCUT2D eigenvalue weighted by atomic mass is 9.71. The molecule has 2 fully saturated rings. The van der Waals surface area contributed by atoms with Crippen molar-refractivity contribution in [1.82, 2.24) is 9.80 Å². The molecule has 1 amide bonds. The first-order valence-corrected chi connectivity index (χ1v) is 17.1. The molecule has 0 N–H and O–H groups in total. The SMILES string of the molecule is CCCCCCC(CCCCC)CN1CC2(CCN(C(=O)C(CCCCCC)CCCCCC)CC2)C1. The van der Waals surface area contributed by atoms with Gasteiger partial charge >= 0.3 is 0 Å². The summed E-state index contributed by atoms with van der Waals surface area (Å²) in [7, 11) is 0. The second-order valence-corrected chi connectivity index (χ2v) is 13.1. The Balaban J connectivity index is 1.76. The van der Waals surface area contributed by atoms with Gasteiger partial charge in [-0.05, 0) is 49.9 Å². The van der Waals surface area contributed by atoms with Crippen LogP contribution in [-0.4, -0.2) is 48.4 Å². The number of hydrogen-bond donors (Lipinski definition) is 0. The maximum atomic E-state index is 13.5. The minimum Gasteiger partial charge on any atom is -0.342 e. The smallest absolute Gasteiger partial charge is 0.225 e. The minimum atomic E-state index is 0.289. The zero-order chi connectivity index (χ0) is 26.8. The molecule has 2 aliphatic heterocycles. The summed E-state index contributed by atoms with van der Waals surface area (Å²) in [5.41, 5.74) is 0.519. The Hall–Kier alpha value is -0.570. The number of rotatable bonds is 22. The second-order valence-electron chi connectivity index (χ2n) is 13.1. The van der Waals surface area contributed by atoms with Crippen LogP contribution in [0.4, 0.5) is 0 Å². The van der Waals surface area contributed by atoms with Crippen LogP contribution in [0.25, 0.3) is 0 Å². The third kappa shape index (κ3) is 12.4. The van der Waals surface area contributed by atoms with Crippen molar-refractivity contribution in [3.63, 3.8) is 0 Å². The van der Waals surface area contributed by atoms with Crippen molar-refractivity contribution in [2.45, 2.75) is 163 Å². The van der Waals surface area contributed by atoms with Gasteiger partial charge in [-0.1, -0.05) is 124 Å². The second kappa shape index (κ2) is 19.5. The predicted octanol–water partition coefficient (Wildman–Crippen LogP) is 9.63. The number of hydrogen-bond acceptors (Lipinski definition) is 2. The fraction of sp³-hybridized carbons (Fsp3) is 0.971. The fourth-order valence-corrected chi connectivity index (χ4v) is 7.07. The fourth-order valence-electron chi connectivity index (χ4n) is 7.07. The zero-order valence-corrected chi connectivity index (χ0v) is 25.8. The third-order valence-electron chi connectivity index (χ3n) is 9.61. The monoisotopic (exact) mass is 519 g/mol.